The summed E-state index contributed by atoms with van der Waals surface area (Å²) >= 11 is 0. The molecule has 0 saturated carbocycles. The lowest BCUT2D eigenvalue weighted by Gasteiger charge is -2.37. The summed E-state index contributed by atoms with van der Waals surface area (Å²) < 4.78 is 22.8. The third-order valence-electron chi connectivity index (χ3n) is 6.61. The first kappa shape index (κ1) is 26.9. The van der Waals surface area contributed by atoms with Crippen LogP contribution in [0, 0.1) is 6.92 Å². The molecule has 2 rings (SSSR count). The number of aliphatic hydroxyl groups excluding tert-OH is 1. The van der Waals surface area contributed by atoms with E-state index in [-0.39, 0.29) is 24.7 Å². The van der Waals surface area contributed by atoms with Crippen LogP contribution < -0.4 is 9.16 Å². The highest BCUT2D eigenvalue weighted by atomic mass is 28.4. The van der Waals surface area contributed by atoms with Crippen LogP contribution in [0.2, 0.25) is 18.1 Å². The Morgan fingerprint density at radius 1 is 1.27 bits per heavy atom. The lowest BCUT2D eigenvalue weighted by atomic mass is 9.94. The van der Waals surface area contributed by atoms with E-state index in [1.807, 2.05) is 13.0 Å². The maximum Gasteiger partial charge on any atom is 0.342 e. The Balaban J connectivity index is 2.56. The Morgan fingerprint density at radius 2 is 1.91 bits per heavy atom. The molecule has 0 bridgehead atoms. The lowest BCUT2D eigenvalue weighted by molar-refractivity contribution is -0.144. The maximum atomic E-state index is 12.7. The Labute approximate surface area is 198 Å². The van der Waals surface area contributed by atoms with E-state index in [4.69, 9.17) is 18.6 Å². The van der Waals surface area contributed by atoms with Gasteiger partial charge in [0.25, 0.3) is 8.32 Å². The normalized spacial score (nSPS) is 15.1. The van der Waals surface area contributed by atoms with Crippen LogP contribution in [0.4, 0.5) is 0 Å². The molecule has 0 saturated heterocycles. The fraction of sp³-hybridized carbons (Fsp3) is 0.600. The third kappa shape index (κ3) is 5.79. The first-order valence-corrected chi connectivity index (χ1v) is 14.2. The minimum Gasteiger partial charge on any atom is -0.543 e. The fourth-order valence-corrected chi connectivity index (χ4v) is 4.51. The molecule has 33 heavy (non-hydrogen) atoms. The number of cyclic esters (lactones) is 1. The van der Waals surface area contributed by atoms with Crippen LogP contribution >= 0.6 is 0 Å². The minimum absolute atomic E-state index is 0.0840. The molecule has 1 unspecified atom stereocenters. The zero-order chi connectivity index (χ0) is 25.1. The van der Waals surface area contributed by atoms with Crippen LogP contribution in [0.3, 0.4) is 0 Å². The lowest BCUT2D eigenvalue weighted by Crippen LogP contribution is -2.44. The number of rotatable bonds is 9. The summed E-state index contributed by atoms with van der Waals surface area (Å²) in [5.74, 6) is 0.303. The number of methoxy groups -OCH3 is 1. The number of ether oxygens (including phenoxy) is 3. The average Bonchev–Trinajstić information content (AvgIpc) is 3.09. The Hall–Kier alpha value is -2.32. The summed E-state index contributed by atoms with van der Waals surface area (Å²) in [6, 6.07) is 0. The highest BCUT2D eigenvalue weighted by Crippen LogP contribution is 2.46. The number of benzene rings is 1. The van der Waals surface area contributed by atoms with E-state index in [1.165, 1.54) is 0 Å². The Bertz CT molecular complexity index is 941. The van der Waals surface area contributed by atoms with Gasteiger partial charge in [-0.1, -0.05) is 26.8 Å². The topological polar surface area (TPSA) is 91.3 Å². The second-order valence-corrected chi connectivity index (χ2v) is 14.7. The molecule has 1 N–H and O–H groups in total. The molecule has 1 aliphatic heterocycles. The summed E-state index contributed by atoms with van der Waals surface area (Å²) in [5.41, 5.74) is 3.46. The van der Waals surface area contributed by atoms with Crippen LogP contribution in [0.1, 0.15) is 68.1 Å². The van der Waals surface area contributed by atoms with Gasteiger partial charge in [0.15, 0.2) is 0 Å². The predicted octanol–water partition coefficient (Wildman–Crippen LogP) is 4.86. The number of hydrogen-bond acceptors (Lipinski definition) is 7. The van der Waals surface area contributed by atoms with Crippen molar-refractivity contribution >= 4 is 20.3 Å². The smallest absolute Gasteiger partial charge is 0.342 e. The van der Waals surface area contributed by atoms with Gasteiger partial charge in [-0.25, -0.2) is 4.79 Å². The van der Waals surface area contributed by atoms with Gasteiger partial charge in [-0.05, 0) is 56.5 Å². The van der Waals surface area contributed by atoms with Gasteiger partial charge in [0.1, 0.15) is 23.7 Å². The van der Waals surface area contributed by atoms with Crippen molar-refractivity contribution in [2.24, 2.45) is 0 Å². The molecule has 0 radical (unpaired) electrons. The van der Waals surface area contributed by atoms with E-state index in [0.29, 0.717) is 29.1 Å². The van der Waals surface area contributed by atoms with Gasteiger partial charge in [0, 0.05) is 11.1 Å². The number of hydrogen-bond donors (Lipinski definition) is 1. The maximum absolute atomic E-state index is 12.7. The third-order valence-corrected chi connectivity index (χ3v) is 10.9. The van der Waals surface area contributed by atoms with Crippen molar-refractivity contribution in [3.8, 4) is 11.5 Å². The summed E-state index contributed by atoms with van der Waals surface area (Å²) in [5, 5.41) is 10.4. The summed E-state index contributed by atoms with van der Waals surface area (Å²) in [6.07, 6.45) is 1.13. The van der Waals surface area contributed by atoms with Crippen molar-refractivity contribution in [2.45, 2.75) is 85.2 Å². The van der Waals surface area contributed by atoms with E-state index in [0.717, 1.165) is 16.7 Å². The molecule has 8 heteroatoms. The summed E-state index contributed by atoms with van der Waals surface area (Å²) in [6.45, 7) is 16.5. The highest BCUT2D eigenvalue weighted by Gasteiger charge is 2.42. The van der Waals surface area contributed by atoms with Crippen LogP contribution in [0.25, 0.3) is 0 Å². The fourth-order valence-electron chi connectivity index (χ4n) is 3.47. The van der Waals surface area contributed by atoms with Gasteiger partial charge in [-0.15, -0.1) is 0 Å². The standard InChI is InChI=1S/C25H38O7Si/c1-10-30-20(27)13-19(26)15(2)11-12-17-22(29-7)16(3)18-14-31-24(28)21(18)23(17)32-33(8,9)25(4,5)6/h11,19,26H,10,12-14H2,1-9H3. The van der Waals surface area contributed by atoms with Crippen LogP contribution in [0.15, 0.2) is 11.6 Å². The number of aliphatic hydroxyl groups is 1. The molecular weight excluding hydrogens is 440 g/mol. The van der Waals surface area contributed by atoms with Gasteiger partial charge in [-0.3, -0.25) is 4.79 Å². The van der Waals surface area contributed by atoms with Gasteiger partial charge in [0.05, 0.1) is 26.2 Å². The van der Waals surface area contributed by atoms with Crippen molar-refractivity contribution in [1.29, 1.82) is 0 Å². The quantitative estimate of drug-likeness (QED) is 0.308. The first-order chi connectivity index (χ1) is 15.2. The molecule has 7 nitrogen and oxygen atoms in total. The molecule has 1 aromatic rings. The SMILES string of the molecule is CCOC(=O)CC(O)C(C)=CCc1c(OC)c(C)c2c(c1O[Si](C)(C)C(C)(C)C)C(=O)OC2. The molecule has 0 spiro atoms. The molecule has 184 valence electrons. The Kier molecular flexibility index (Phi) is 8.40. The predicted molar refractivity (Wildman–Crippen MR) is 129 cm³/mol. The zero-order valence-corrected chi connectivity index (χ0v) is 22.4. The van der Waals surface area contributed by atoms with Crippen molar-refractivity contribution in [2.75, 3.05) is 13.7 Å². The minimum atomic E-state index is -2.31. The Morgan fingerprint density at radius 3 is 2.45 bits per heavy atom. The van der Waals surface area contributed by atoms with Crippen LogP contribution in [0.5, 0.6) is 11.5 Å². The van der Waals surface area contributed by atoms with Crippen molar-refractivity contribution < 1.29 is 33.3 Å². The number of carbonyl (C=O) groups is 2. The molecule has 1 aromatic carbocycles. The molecule has 1 aliphatic rings. The first-order valence-electron chi connectivity index (χ1n) is 11.3. The second kappa shape index (κ2) is 10.3. The second-order valence-electron chi connectivity index (χ2n) is 9.94. The summed E-state index contributed by atoms with van der Waals surface area (Å²) in [4.78, 5) is 24.5. The van der Waals surface area contributed by atoms with E-state index in [9.17, 15) is 14.7 Å². The summed E-state index contributed by atoms with van der Waals surface area (Å²) in [7, 11) is -0.711. The van der Waals surface area contributed by atoms with E-state index in [2.05, 4.69) is 33.9 Å². The molecule has 0 amide bonds. The highest BCUT2D eigenvalue weighted by molar-refractivity contribution is 6.74. The van der Waals surface area contributed by atoms with Crippen molar-refractivity contribution in [3.63, 3.8) is 0 Å². The molecule has 0 fully saturated rings. The molecule has 1 atom stereocenters. The van der Waals surface area contributed by atoms with Gasteiger partial charge >= 0.3 is 11.9 Å². The van der Waals surface area contributed by atoms with Gasteiger partial charge < -0.3 is 23.7 Å². The average molecular weight is 479 g/mol. The number of fused-ring (bicyclic) bond motifs is 1. The molecular formula is C25H38O7Si. The van der Waals surface area contributed by atoms with Crippen molar-refractivity contribution in [1.82, 2.24) is 0 Å². The molecule has 0 aliphatic carbocycles. The number of esters is 2. The van der Waals surface area contributed by atoms with E-state index in [1.54, 1.807) is 21.0 Å². The number of carbonyl (C=O) groups excluding carboxylic acids is 2. The van der Waals surface area contributed by atoms with Gasteiger partial charge in [0.2, 0.25) is 0 Å². The van der Waals surface area contributed by atoms with E-state index >= 15 is 0 Å². The van der Waals surface area contributed by atoms with Crippen molar-refractivity contribution in [3.05, 3.63) is 33.9 Å². The molecule has 1 heterocycles. The van der Waals surface area contributed by atoms with E-state index < -0.39 is 26.4 Å². The van der Waals surface area contributed by atoms with Gasteiger partial charge in [-0.2, -0.15) is 0 Å². The zero-order valence-electron chi connectivity index (χ0n) is 21.4. The monoisotopic (exact) mass is 478 g/mol. The van der Waals surface area contributed by atoms with Crippen LogP contribution in [-0.2, 0) is 27.3 Å². The number of allylic oxidation sites excluding steroid dienone is 1. The van der Waals surface area contributed by atoms with Crippen LogP contribution in [-0.4, -0.2) is 45.2 Å². The largest absolute Gasteiger partial charge is 0.543 e. The molecule has 0 aromatic heterocycles.